The van der Waals surface area contributed by atoms with E-state index in [9.17, 15) is 0 Å². The molecule has 1 fully saturated rings. The molecule has 1 aliphatic rings. The van der Waals surface area contributed by atoms with Crippen molar-refractivity contribution < 1.29 is 14.2 Å². The first kappa shape index (κ1) is 20.3. The van der Waals surface area contributed by atoms with Gasteiger partial charge >= 0.3 is 0 Å². The van der Waals surface area contributed by atoms with Gasteiger partial charge in [-0.2, -0.15) is 0 Å². The summed E-state index contributed by atoms with van der Waals surface area (Å²) in [5.41, 5.74) is 8.88. The fourth-order valence-electron chi connectivity index (χ4n) is 2.99. The summed E-state index contributed by atoms with van der Waals surface area (Å²) in [6, 6.07) is 11.4. The molecule has 0 amide bonds. The lowest BCUT2D eigenvalue weighted by molar-refractivity contribution is 0.0676. The second kappa shape index (κ2) is 9.66. The van der Waals surface area contributed by atoms with E-state index in [2.05, 4.69) is 10.3 Å². The van der Waals surface area contributed by atoms with Gasteiger partial charge in [-0.15, -0.1) is 0 Å². The highest BCUT2D eigenvalue weighted by atomic mass is 35.5. The molecule has 1 atom stereocenters. The zero-order valence-corrected chi connectivity index (χ0v) is 17.0. The van der Waals surface area contributed by atoms with Crippen LogP contribution in [0.15, 0.2) is 41.4 Å². The number of rotatable bonds is 7. The molecule has 0 saturated carbocycles. The maximum Gasteiger partial charge on any atom is 0.193 e. The third kappa shape index (κ3) is 5.53. The molecule has 0 aromatic heterocycles. The lowest BCUT2D eigenvalue weighted by Gasteiger charge is -2.15. The van der Waals surface area contributed by atoms with E-state index >= 15 is 0 Å². The summed E-state index contributed by atoms with van der Waals surface area (Å²) in [6.07, 6.45) is 2.31. The molecule has 0 bridgehead atoms. The number of hydrogen-bond donors (Lipinski definition) is 2. The lowest BCUT2D eigenvalue weighted by Crippen LogP contribution is -2.22. The Kier molecular flexibility index (Phi) is 7.01. The zero-order valence-electron chi connectivity index (χ0n) is 16.2. The quantitative estimate of drug-likeness (QED) is 0.536. The number of nitrogens with one attached hydrogen (secondary N) is 1. The van der Waals surface area contributed by atoms with E-state index in [4.69, 9.17) is 31.5 Å². The summed E-state index contributed by atoms with van der Waals surface area (Å²) >= 11 is 6.14. The van der Waals surface area contributed by atoms with Crippen molar-refractivity contribution in [2.75, 3.05) is 25.6 Å². The Morgan fingerprint density at radius 2 is 2.14 bits per heavy atom. The molecule has 1 heterocycles. The molecule has 3 rings (SSSR count). The fraction of sp³-hybridized carbons (Fsp3) is 0.381. The normalized spacial score (nSPS) is 16.8. The maximum absolute atomic E-state index is 6.14. The Bertz CT molecular complexity index is 836. The highest BCUT2D eigenvalue weighted by Crippen LogP contribution is 2.27. The third-order valence-electron chi connectivity index (χ3n) is 4.52. The largest absolute Gasteiger partial charge is 0.495 e. The summed E-state index contributed by atoms with van der Waals surface area (Å²) in [4.78, 5) is 4.43. The predicted octanol–water partition coefficient (Wildman–Crippen LogP) is 4.14. The van der Waals surface area contributed by atoms with Crippen LogP contribution in [0.3, 0.4) is 0 Å². The second-order valence-electron chi connectivity index (χ2n) is 6.73. The Labute approximate surface area is 170 Å². The number of halogens is 1. The molecular formula is C21H26ClN3O3. The maximum atomic E-state index is 6.14. The molecule has 0 spiro atoms. The van der Waals surface area contributed by atoms with Crippen LogP contribution >= 0.6 is 11.6 Å². The summed E-state index contributed by atoms with van der Waals surface area (Å²) in [5.74, 6) is 1.72. The highest BCUT2D eigenvalue weighted by Gasteiger charge is 2.17. The Morgan fingerprint density at radius 1 is 1.29 bits per heavy atom. The highest BCUT2D eigenvalue weighted by molar-refractivity contribution is 6.32. The Morgan fingerprint density at radius 3 is 2.86 bits per heavy atom. The molecule has 1 unspecified atom stereocenters. The van der Waals surface area contributed by atoms with Gasteiger partial charge in [0.05, 0.1) is 24.8 Å². The van der Waals surface area contributed by atoms with Crippen molar-refractivity contribution in [2.45, 2.75) is 32.4 Å². The van der Waals surface area contributed by atoms with E-state index in [1.165, 1.54) is 0 Å². The SMILES string of the molecule is COc1ccc(NC(N)=NCc2ccc(C)cc2OCC2CCCO2)cc1Cl. The third-order valence-corrected chi connectivity index (χ3v) is 4.81. The van der Waals surface area contributed by atoms with Gasteiger partial charge in [0.2, 0.25) is 0 Å². The summed E-state index contributed by atoms with van der Waals surface area (Å²) in [7, 11) is 1.57. The van der Waals surface area contributed by atoms with Crippen LogP contribution in [-0.2, 0) is 11.3 Å². The molecule has 28 heavy (non-hydrogen) atoms. The summed E-state index contributed by atoms with van der Waals surface area (Å²) < 4.78 is 16.8. The van der Waals surface area contributed by atoms with Crippen molar-refractivity contribution in [3.05, 3.63) is 52.5 Å². The summed E-state index contributed by atoms with van der Waals surface area (Å²) in [6.45, 7) is 3.81. The first-order chi connectivity index (χ1) is 13.5. The Balaban J connectivity index is 1.64. The smallest absolute Gasteiger partial charge is 0.193 e. The molecule has 7 heteroatoms. The van der Waals surface area contributed by atoms with Crippen molar-refractivity contribution in [2.24, 2.45) is 10.7 Å². The first-order valence-corrected chi connectivity index (χ1v) is 9.67. The van der Waals surface area contributed by atoms with E-state index in [1.54, 1.807) is 19.2 Å². The standard InChI is InChI=1S/C21H26ClN3O3/c1-14-5-6-15(20(10-14)28-13-17-4-3-9-27-17)12-24-21(23)25-16-7-8-19(26-2)18(22)11-16/h5-8,10-11,17H,3-4,9,12-13H2,1-2H3,(H3,23,24,25). The first-order valence-electron chi connectivity index (χ1n) is 9.29. The number of methoxy groups -OCH3 is 1. The predicted molar refractivity (Wildman–Crippen MR) is 113 cm³/mol. The number of benzene rings is 2. The number of guanidine groups is 1. The molecule has 1 aliphatic heterocycles. The van der Waals surface area contributed by atoms with E-state index < -0.39 is 0 Å². The lowest BCUT2D eigenvalue weighted by atomic mass is 10.1. The summed E-state index contributed by atoms with van der Waals surface area (Å²) in [5, 5.41) is 3.54. The van der Waals surface area contributed by atoms with Crippen LogP contribution in [-0.4, -0.2) is 32.4 Å². The molecule has 3 N–H and O–H groups in total. The fourth-order valence-corrected chi connectivity index (χ4v) is 3.24. The van der Waals surface area contributed by atoms with E-state index in [1.807, 2.05) is 31.2 Å². The number of aliphatic imine (C=N–C) groups is 1. The van der Waals surface area contributed by atoms with Crippen LogP contribution in [0, 0.1) is 6.92 Å². The van der Waals surface area contributed by atoms with E-state index in [-0.39, 0.29) is 6.10 Å². The minimum absolute atomic E-state index is 0.170. The number of anilines is 1. The number of hydrogen-bond acceptors (Lipinski definition) is 4. The molecule has 1 saturated heterocycles. The van der Waals surface area contributed by atoms with Crippen LogP contribution in [0.2, 0.25) is 5.02 Å². The molecule has 0 radical (unpaired) electrons. The second-order valence-corrected chi connectivity index (χ2v) is 7.14. The van der Waals surface area contributed by atoms with Gasteiger partial charge in [0.1, 0.15) is 18.1 Å². The van der Waals surface area contributed by atoms with Crippen LogP contribution in [0.25, 0.3) is 0 Å². The van der Waals surface area contributed by atoms with E-state index in [0.29, 0.717) is 29.9 Å². The average molecular weight is 404 g/mol. The Hall–Kier alpha value is -2.44. The van der Waals surface area contributed by atoms with Crippen molar-refractivity contribution >= 4 is 23.2 Å². The monoisotopic (exact) mass is 403 g/mol. The molecular weight excluding hydrogens is 378 g/mol. The molecule has 150 valence electrons. The minimum atomic E-state index is 0.170. The van der Waals surface area contributed by atoms with Crippen LogP contribution in [0.4, 0.5) is 5.69 Å². The van der Waals surface area contributed by atoms with Crippen molar-refractivity contribution in [3.63, 3.8) is 0 Å². The van der Waals surface area contributed by atoms with Crippen molar-refractivity contribution in [3.8, 4) is 11.5 Å². The zero-order chi connectivity index (χ0) is 19.9. The van der Waals surface area contributed by atoms with Gasteiger partial charge in [0.25, 0.3) is 0 Å². The van der Waals surface area contributed by atoms with Crippen LogP contribution < -0.4 is 20.5 Å². The minimum Gasteiger partial charge on any atom is -0.495 e. The number of nitrogens with two attached hydrogens (primary N) is 1. The average Bonchev–Trinajstić information content (AvgIpc) is 3.19. The number of aryl methyl sites for hydroxylation is 1. The number of ether oxygens (including phenoxy) is 3. The van der Waals surface area contributed by atoms with Crippen molar-refractivity contribution in [1.29, 1.82) is 0 Å². The van der Waals surface area contributed by atoms with Gasteiger partial charge in [-0.3, -0.25) is 0 Å². The van der Waals surface area contributed by atoms with Crippen LogP contribution in [0.1, 0.15) is 24.0 Å². The molecule has 2 aromatic carbocycles. The van der Waals surface area contributed by atoms with Crippen molar-refractivity contribution in [1.82, 2.24) is 0 Å². The van der Waals surface area contributed by atoms with Gasteiger partial charge in [-0.05, 0) is 49.6 Å². The molecule has 0 aliphatic carbocycles. The number of nitrogens with zero attached hydrogens (tertiary/aromatic N) is 1. The molecule has 2 aromatic rings. The van der Waals surface area contributed by atoms with Gasteiger partial charge in [-0.1, -0.05) is 23.7 Å². The van der Waals surface area contributed by atoms with Gasteiger partial charge < -0.3 is 25.3 Å². The molecule has 6 nitrogen and oxygen atoms in total. The van der Waals surface area contributed by atoms with Gasteiger partial charge in [-0.25, -0.2) is 4.99 Å². The van der Waals surface area contributed by atoms with E-state index in [0.717, 1.165) is 42.0 Å². The topological polar surface area (TPSA) is 78.1 Å². The van der Waals surface area contributed by atoms with Gasteiger partial charge in [0.15, 0.2) is 5.96 Å². The van der Waals surface area contributed by atoms with Gasteiger partial charge in [0, 0.05) is 17.9 Å². The van der Waals surface area contributed by atoms with Crippen LogP contribution in [0.5, 0.6) is 11.5 Å².